The van der Waals surface area contributed by atoms with Gasteiger partial charge >= 0.3 is 0 Å². The topological polar surface area (TPSA) is 87.5 Å². The van der Waals surface area contributed by atoms with Gasteiger partial charge in [0.1, 0.15) is 0 Å². The Kier molecular flexibility index (Phi) is 5.90. The van der Waals surface area contributed by atoms with Crippen LogP contribution in [-0.2, 0) is 11.2 Å². The van der Waals surface area contributed by atoms with Crippen molar-refractivity contribution in [1.29, 1.82) is 0 Å². The van der Waals surface area contributed by atoms with Gasteiger partial charge in [0.05, 0.1) is 29.8 Å². The molecule has 7 nitrogen and oxygen atoms in total. The highest BCUT2D eigenvalue weighted by Crippen LogP contribution is 2.28. The molecule has 0 radical (unpaired) electrons. The van der Waals surface area contributed by atoms with Crippen molar-refractivity contribution in [3.63, 3.8) is 0 Å². The summed E-state index contributed by atoms with van der Waals surface area (Å²) in [6.45, 7) is 2.02. The van der Waals surface area contributed by atoms with Gasteiger partial charge in [0, 0.05) is 18.5 Å². The zero-order valence-corrected chi connectivity index (χ0v) is 16.7. The third-order valence-corrected chi connectivity index (χ3v) is 5.54. The average Bonchev–Trinajstić information content (AvgIpc) is 3.41. The first-order valence-corrected chi connectivity index (χ1v) is 10.5. The van der Waals surface area contributed by atoms with Crippen LogP contribution in [0.2, 0.25) is 0 Å². The van der Waals surface area contributed by atoms with Crippen molar-refractivity contribution in [2.75, 3.05) is 28.6 Å². The van der Waals surface area contributed by atoms with Gasteiger partial charge in [-0.05, 0) is 43.5 Å². The van der Waals surface area contributed by atoms with Gasteiger partial charge in [-0.3, -0.25) is 14.9 Å². The van der Waals surface area contributed by atoms with Gasteiger partial charge in [-0.1, -0.05) is 12.1 Å². The number of para-hydroxylation sites is 2. The van der Waals surface area contributed by atoms with Gasteiger partial charge in [0.15, 0.2) is 10.9 Å². The standard InChI is InChI=1S/C21H22N4O3S/c26-19(23-16-7-2-3-8-17(16)25-10-4-1-5-11-25)13-15-14-29-21(22-15)24-20(27)18-9-6-12-28-18/h2-3,6-9,12,14H,1,4-5,10-11,13H2,(H,23,26)(H,22,24,27). The second kappa shape index (κ2) is 8.91. The Balaban J connectivity index is 1.37. The highest BCUT2D eigenvalue weighted by molar-refractivity contribution is 7.14. The molecule has 0 unspecified atom stereocenters. The van der Waals surface area contributed by atoms with Crippen LogP contribution >= 0.6 is 11.3 Å². The molecule has 0 bridgehead atoms. The molecule has 3 heterocycles. The van der Waals surface area contributed by atoms with Crippen LogP contribution in [0, 0.1) is 0 Å². The summed E-state index contributed by atoms with van der Waals surface area (Å²) in [6, 6.07) is 11.1. The predicted molar refractivity (Wildman–Crippen MR) is 114 cm³/mol. The number of hydrogen-bond donors (Lipinski definition) is 2. The van der Waals surface area contributed by atoms with Gasteiger partial charge in [0.25, 0.3) is 5.91 Å². The van der Waals surface area contributed by atoms with Crippen molar-refractivity contribution < 1.29 is 14.0 Å². The molecule has 0 aliphatic carbocycles. The highest BCUT2D eigenvalue weighted by atomic mass is 32.1. The molecule has 2 amide bonds. The molecule has 8 heteroatoms. The number of anilines is 3. The summed E-state index contributed by atoms with van der Waals surface area (Å²) in [5, 5.41) is 7.89. The first kappa shape index (κ1) is 19.2. The summed E-state index contributed by atoms with van der Waals surface area (Å²) in [5.74, 6) is -0.284. The van der Waals surface area contributed by atoms with Crippen LogP contribution in [0.4, 0.5) is 16.5 Å². The molecule has 1 saturated heterocycles. The van der Waals surface area contributed by atoms with Gasteiger partial charge in [-0.25, -0.2) is 4.98 Å². The number of aromatic nitrogens is 1. The number of piperidine rings is 1. The van der Waals surface area contributed by atoms with Crippen molar-refractivity contribution in [2.45, 2.75) is 25.7 Å². The Morgan fingerprint density at radius 3 is 2.69 bits per heavy atom. The number of carbonyl (C=O) groups excluding carboxylic acids is 2. The zero-order valence-electron chi connectivity index (χ0n) is 15.9. The lowest BCUT2D eigenvalue weighted by Crippen LogP contribution is -2.30. The molecule has 1 fully saturated rings. The van der Waals surface area contributed by atoms with Crippen LogP contribution in [0.5, 0.6) is 0 Å². The van der Waals surface area contributed by atoms with Gasteiger partial charge < -0.3 is 14.6 Å². The third-order valence-electron chi connectivity index (χ3n) is 4.73. The Morgan fingerprint density at radius 2 is 1.90 bits per heavy atom. The van der Waals surface area contributed by atoms with Crippen LogP contribution in [0.15, 0.2) is 52.5 Å². The lowest BCUT2D eigenvalue weighted by atomic mass is 10.1. The maximum atomic E-state index is 12.6. The Bertz CT molecular complexity index is 977. The van der Waals surface area contributed by atoms with Crippen LogP contribution in [0.25, 0.3) is 0 Å². The average molecular weight is 410 g/mol. The molecular formula is C21H22N4O3S. The quantitative estimate of drug-likeness (QED) is 0.637. The second-order valence-electron chi connectivity index (χ2n) is 6.87. The molecule has 3 aromatic rings. The molecule has 29 heavy (non-hydrogen) atoms. The maximum absolute atomic E-state index is 12.6. The molecule has 150 valence electrons. The molecule has 4 rings (SSSR count). The van der Waals surface area contributed by atoms with Crippen molar-refractivity contribution in [2.24, 2.45) is 0 Å². The van der Waals surface area contributed by atoms with E-state index in [-0.39, 0.29) is 24.0 Å². The molecule has 2 N–H and O–H groups in total. The first-order chi connectivity index (χ1) is 14.2. The SMILES string of the molecule is O=C(Cc1csc(NC(=O)c2ccco2)n1)Nc1ccccc1N1CCCCC1. The summed E-state index contributed by atoms with van der Waals surface area (Å²) < 4.78 is 5.06. The smallest absolute Gasteiger partial charge is 0.293 e. The highest BCUT2D eigenvalue weighted by Gasteiger charge is 2.17. The Labute approximate surface area is 172 Å². The fourth-order valence-electron chi connectivity index (χ4n) is 3.36. The van der Waals surface area contributed by atoms with E-state index in [1.807, 2.05) is 24.3 Å². The van der Waals surface area contributed by atoms with Crippen LogP contribution in [-0.4, -0.2) is 29.9 Å². The fourth-order valence-corrected chi connectivity index (χ4v) is 4.07. The van der Waals surface area contributed by atoms with Crippen molar-refractivity contribution in [3.8, 4) is 0 Å². The summed E-state index contributed by atoms with van der Waals surface area (Å²) >= 11 is 1.28. The normalized spacial score (nSPS) is 13.9. The maximum Gasteiger partial charge on any atom is 0.293 e. The molecule has 1 aliphatic rings. The lowest BCUT2D eigenvalue weighted by molar-refractivity contribution is -0.115. The van der Waals surface area contributed by atoms with Gasteiger partial charge in [-0.15, -0.1) is 11.3 Å². The van der Waals surface area contributed by atoms with E-state index in [0.717, 1.165) is 24.5 Å². The minimum atomic E-state index is -0.365. The number of rotatable bonds is 6. The molecular weight excluding hydrogens is 388 g/mol. The first-order valence-electron chi connectivity index (χ1n) is 9.62. The van der Waals surface area contributed by atoms with E-state index in [9.17, 15) is 9.59 Å². The minimum Gasteiger partial charge on any atom is -0.459 e. The number of hydrogen-bond acceptors (Lipinski definition) is 6. The fraction of sp³-hybridized carbons (Fsp3) is 0.286. The molecule has 1 aliphatic heterocycles. The number of furan rings is 1. The third kappa shape index (κ3) is 4.83. The number of amides is 2. The Hall–Kier alpha value is -3.13. The van der Waals surface area contributed by atoms with Gasteiger partial charge in [0.2, 0.25) is 5.91 Å². The van der Waals surface area contributed by atoms with Crippen molar-refractivity contribution >= 4 is 39.7 Å². The number of nitrogens with one attached hydrogen (secondary N) is 2. The van der Waals surface area contributed by atoms with Crippen LogP contribution in [0.3, 0.4) is 0 Å². The van der Waals surface area contributed by atoms with Crippen molar-refractivity contribution in [3.05, 3.63) is 59.5 Å². The predicted octanol–water partition coefficient (Wildman–Crippen LogP) is 4.16. The monoisotopic (exact) mass is 410 g/mol. The number of benzene rings is 1. The van der Waals surface area contributed by atoms with Crippen molar-refractivity contribution in [1.82, 2.24) is 4.98 Å². The van der Waals surface area contributed by atoms with E-state index >= 15 is 0 Å². The summed E-state index contributed by atoms with van der Waals surface area (Å²) in [6.07, 6.45) is 5.19. The largest absolute Gasteiger partial charge is 0.459 e. The molecule has 0 spiro atoms. The van der Waals surface area contributed by atoms with Crippen LogP contribution in [0.1, 0.15) is 35.5 Å². The van der Waals surface area contributed by atoms with Crippen LogP contribution < -0.4 is 15.5 Å². The second-order valence-corrected chi connectivity index (χ2v) is 7.72. The van der Waals surface area contributed by atoms with E-state index in [1.54, 1.807) is 17.5 Å². The van der Waals surface area contributed by atoms with E-state index in [1.165, 1.54) is 36.9 Å². The molecule has 2 aromatic heterocycles. The lowest BCUT2D eigenvalue weighted by Gasteiger charge is -2.30. The Morgan fingerprint density at radius 1 is 1.07 bits per heavy atom. The minimum absolute atomic E-state index is 0.135. The molecule has 1 aromatic carbocycles. The molecule has 0 saturated carbocycles. The zero-order chi connectivity index (χ0) is 20.1. The van der Waals surface area contributed by atoms with E-state index in [4.69, 9.17) is 4.42 Å². The van der Waals surface area contributed by atoms with E-state index < -0.39 is 0 Å². The summed E-state index contributed by atoms with van der Waals surface area (Å²) in [7, 11) is 0. The number of nitrogens with zero attached hydrogens (tertiary/aromatic N) is 2. The summed E-state index contributed by atoms with van der Waals surface area (Å²) in [5.41, 5.74) is 2.49. The van der Waals surface area contributed by atoms with E-state index in [0.29, 0.717) is 10.8 Å². The van der Waals surface area contributed by atoms with Gasteiger partial charge in [-0.2, -0.15) is 0 Å². The van der Waals surface area contributed by atoms with E-state index in [2.05, 4.69) is 20.5 Å². The summed E-state index contributed by atoms with van der Waals surface area (Å²) in [4.78, 5) is 31.2. The number of carbonyl (C=O) groups is 2. The molecule has 0 atom stereocenters. The number of thiazole rings is 1.